The summed E-state index contributed by atoms with van der Waals surface area (Å²) < 4.78 is 2.90. The molecule has 0 spiro atoms. The molecule has 14 aliphatic carbocycles. The zero-order valence-electron chi connectivity index (χ0n) is 48.4. The lowest BCUT2D eigenvalue weighted by Crippen LogP contribution is -2.39. The number of hydrogen-bond acceptors (Lipinski definition) is 4. The van der Waals surface area contributed by atoms with Crippen LogP contribution in [0, 0.1) is 47.3 Å². The Kier molecular flexibility index (Phi) is 11.6. The van der Waals surface area contributed by atoms with Crippen LogP contribution in [-0.2, 0) is 12.8 Å². The molecule has 5 heteroatoms. The summed E-state index contributed by atoms with van der Waals surface area (Å²) in [5, 5.41) is 1.07. The molecular formula is C78H79N3S2. The topological polar surface area (TPSA) is 11.4 Å². The quantitative estimate of drug-likeness (QED) is 0.291. The minimum absolute atomic E-state index is 0.388. The van der Waals surface area contributed by atoms with Crippen molar-refractivity contribution in [1.82, 2.24) is 14.4 Å². The highest BCUT2D eigenvalue weighted by Gasteiger charge is 2.50. The molecule has 2 fully saturated rings. The van der Waals surface area contributed by atoms with Crippen molar-refractivity contribution in [1.29, 1.82) is 0 Å². The van der Waals surface area contributed by atoms with Crippen LogP contribution in [0.3, 0.4) is 0 Å². The number of thioether (sulfide) groups is 2. The summed E-state index contributed by atoms with van der Waals surface area (Å²) in [6, 6.07) is 0.918. The molecule has 418 valence electrons. The van der Waals surface area contributed by atoms with Gasteiger partial charge in [0.25, 0.3) is 0 Å². The second kappa shape index (κ2) is 19.4. The van der Waals surface area contributed by atoms with Gasteiger partial charge in [0.1, 0.15) is 0 Å². The molecule has 0 N–H and O–H groups in total. The van der Waals surface area contributed by atoms with E-state index in [1.165, 1.54) is 121 Å². The predicted molar refractivity (Wildman–Crippen MR) is 346 cm³/mol. The van der Waals surface area contributed by atoms with E-state index in [0.29, 0.717) is 69.9 Å². The van der Waals surface area contributed by atoms with Crippen molar-refractivity contribution in [3.05, 3.63) is 244 Å². The molecule has 0 radical (unpaired) electrons. The molecule has 3 nitrogen and oxygen atoms in total. The third kappa shape index (κ3) is 7.50. The molecule has 1 aromatic heterocycles. The Morgan fingerprint density at radius 2 is 1.35 bits per heavy atom. The molecule has 0 bridgehead atoms. The summed E-state index contributed by atoms with van der Waals surface area (Å²) in [4.78, 5) is 9.25. The average Bonchev–Trinajstić information content (AvgIpc) is 2.76. The van der Waals surface area contributed by atoms with Crippen LogP contribution in [0.5, 0.6) is 0 Å². The lowest BCUT2D eigenvalue weighted by atomic mass is 9.65. The first kappa shape index (κ1) is 49.6. The Morgan fingerprint density at radius 1 is 0.542 bits per heavy atom. The van der Waals surface area contributed by atoms with Gasteiger partial charge in [-0.2, -0.15) is 0 Å². The summed E-state index contributed by atoms with van der Waals surface area (Å²) >= 11 is 4.38. The Morgan fingerprint density at radius 3 is 2.30 bits per heavy atom. The molecule has 12 atom stereocenters. The third-order valence-electron chi connectivity index (χ3n) is 24.0. The molecular weight excluding hydrogens is 1040 g/mol. The minimum Gasteiger partial charge on any atom is -0.341 e. The van der Waals surface area contributed by atoms with Crippen LogP contribution in [-0.4, -0.2) is 30.9 Å². The van der Waals surface area contributed by atoms with E-state index in [1.54, 1.807) is 99.7 Å². The normalized spacial score (nSPS) is 36.3. The van der Waals surface area contributed by atoms with E-state index in [9.17, 15) is 0 Å². The van der Waals surface area contributed by atoms with Crippen LogP contribution in [0.2, 0.25) is 0 Å². The first-order valence-electron chi connectivity index (χ1n) is 33.3. The van der Waals surface area contributed by atoms with Gasteiger partial charge in [0.15, 0.2) is 0 Å². The molecule has 1 aromatic rings. The monoisotopic (exact) mass is 1120 g/mol. The summed E-state index contributed by atoms with van der Waals surface area (Å²) in [7, 11) is 0. The van der Waals surface area contributed by atoms with Crippen LogP contribution in [0.1, 0.15) is 157 Å². The molecule has 0 amide bonds. The van der Waals surface area contributed by atoms with Crippen LogP contribution in [0.15, 0.2) is 222 Å². The maximum Gasteiger partial charge on any atom is 0.0676 e. The summed E-state index contributed by atoms with van der Waals surface area (Å²) in [6.07, 6.45) is 85.1. The maximum absolute atomic E-state index is 3.08. The lowest BCUT2D eigenvalue weighted by Gasteiger charge is -2.44. The maximum atomic E-state index is 3.08. The van der Waals surface area contributed by atoms with Gasteiger partial charge in [0, 0.05) is 97.0 Å². The SMILES string of the molecule is C1=CC2SC3C(=CC=CC3n3c4c(c5c3CCC(C3CCC6C7=C(C=C(C8CC=C9C(C8)C8=C(CCCC8)N9C8=C9SC%10=C(C=CCC%10)C9CC=C8)CC7)N(C7=CC8=C(CC7)C7=C(C=CCC7)C7C=CC=CC87)C6C3)=C5)C=CCC4)C2C=C1. The fraction of sp³-hybridized carbons (Fsp3) is 0.436. The van der Waals surface area contributed by atoms with Gasteiger partial charge >= 0.3 is 0 Å². The van der Waals surface area contributed by atoms with Gasteiger partial charge in [-0.1, -0.05) is 144 Å². The van der Waals surface area contributed by atoms with Crippen molar-refractivity contribution in [2.24, 2.45) is 47.3 Å². The van der Waals surface area contributed by atoms with E-state index < -0.39 is 0 Å². The van der Waals surface area contributed by atoms with Crippen molar-refractivity contribution in [3.8, 4) is 0 Å². The number of hydrogen-bond donors (Lipinski definition) is 0. The zero-order chi connectivity index (χ0) is 54.0. The van der Waals surface area contributed by atoms with E-state index >= 15 is 0 Å². The van der Waals surface area contributed by atoms with E-state index in [0.717, 1.165) is 25.7 Å². The number of rotatable bonds is 5. The number of allylic oxidation sites excluding steroid dienone is 32. The molecule has 12 unspecified atom stereocenters. The molecule has 1 saturated heterocycles. The molecule has 5 heterocycles. The van der Waals surface area contributed by atoms with Gasteiger partial charge in [-0.15, -0.1) is 11.8 Å². The van der Waals surface area contributed by atoms with Crippen LogP contribution >= 0.6 is 23.5 Å². The minimum atomic E-state index is 0.388. The van der Waals surface area contributed by atoms with E-state index in [4.69, 9.17) is 0 Å². The zero-order valence-corrected chi connectivity index (χ0v) is 50.1. The highest BCUT2D eigenvalue weighted by Crippen LogP contribution is 2.61. The first-order valence-corrected chi connectivity index (χ1v) is 35.1. The van der Waals surface area contributed by atoms with Crippen molar-refractivity contribution in [2.75, 3.05) is 0 Å². The Balaban J connectivity index is 0.670. The highest BCUT2D eigenvalue weighted by atomic mass is 32.2. The molecule has 0 aromatic carbocycles. The van der Waals surface area contributed by atoms with Crippen LogP contribution in [0.25, 0.3) is 12.2 Å². The standard InChI is InChI=1S/C78H79N3S2/c1-2-17-53-51(15-1)52-16-3-4-18-54(52)64-45-50(35-38-55(53)64)79-73-43-48(46-33-39-69-65(41-46)56-19-5-9-25-67(56)80(69)71-27-13-23-62-60-21-7-11-29-75(60)82-77(62)71)31-36-58(73)59-37-32-49(44-74(59)79)47-34-40-70-66(42-47)57-20-6-10-26-68(57)81(70)72-28-14-24-63-61-22-8-12-30-76(61)83-78(63)72/h1,3-5,7-8,11,13-16,18-19,21-23,27-29,40-41,44-45,47-48,52,54,58,60,63,66,71,73,75,77H,2,6,9-10,12,17,20,24-26,30-39,42-43H2. The Labute approximate surface area is 502 Å². The molecule has 83 heavy (non-hydrogen) atoms. The number of nitrogens with zero attached hydrogens (tertiary/aromatic N) is 3. The van der Waals surface area contributed by atoms with Crippen molar-refractivity contribution >= 4 is 35.7 Å². The van der Waals surface area contributed by atoms with Crippen molar-refractivity contribution < 1.29 is 0 Å². The fourth-order valence-corrected chi connectivity index (χ4v) is 23.6. The summed E-state index contributed by atoms with van der Waals surface area (Å²) in [5.41, 5.74) is 31.6. The first-order chi connectivity index (χ1) is 41.2. The number of aromatic nitrogens is 1. The largest absolute Gasteiger partial charge is 0.341 e. The van der Waals surface area contributed by atoms with Gasteiger partial charge in [0.2, 0.25) is 0 Å². The average molecular weight is 1120 g/mol. The fourth-order valence-electron chi connectivity index (χ4n) is 20.5. The Bertz CT molecular complexity index is 3790. The Hall–Kier alpha value is -5.62. The molecule has 18 aliphatic rings. The third-order valence-corrected chi connectivity index (χ3v) is 27.0. The van der Waals surface area contributed by atoms with Gasteiger partial charge in [-0.3, -0.25) is 0 Å². The van der Waals surface area contributed by atoms with E-state index in [2.05, 4.69) is 178 Å². The lowest BCUT2D eigenvalue weighted by molar-refractivity contribution is 0.189. The summed E-state index contributed by atoms with van der Waals surface area (Å²) in [5.74, 6) is 4.44. The highest BCUT2D eigenvalue weighted by molar-refractivity contribution is 8.07. The second-order valence-corrected chi connectivity index (χ2v) is 30.2. The van der Waals surface area contributed by atoms with Crippen LogP contribution in [0.4, 0.5) is 0 Å². The molecule has 4 aliphatic heterocycles. The van der Waals surface area contributed by atoms with Crippen molar-refractivity contribution in [2.45, 2.75) is 164 Å². The van der Waals surface area contributed by atoms with Crippen molar-refractivity contribution in [3.63, 3.8) is 0 Å². The van der Waals surface area contributed by atoms with Gasteiger partial charge < -0.3 is 14.4 Å². The molecule has 19 rings (SSSR count). The van der Waals surface area contributed by atoms with Gasteiger partial charge in [0.05, 0.1) is 17.0 Å². The number of fused-ring (bicyclic) bond motifs is 16. The van der Waals surface area contributed by atoms with Gasteiger partial charge in [-0.05, 0) is 221 Å². The summed E-state index contributed by atoms with van der Waals surface area (Å²) in [6.45, 7) is 0. The smallest absolute Gasteiger partial charge is 0.0676 e. The van der Waals surface area contributed by atoms with E-state index in [-0.39, 0.29) is 0 Å². The second-order valence-electron chi connectivity index (χ2n) is 27.8. The van der Waals surface area contributed by atoms with E-state index in [1.807, 2.05) is 11.1 Å². The molecule has 1 saturated carbocycles. The predicted octanol–water partition coefficient (Wildman–Crippen LogP) is 19.3. The van der Waals surface area contributed by atoms with Gasteiger partial charge in [-0.25, -0.2) is 0 Å². The van der Waals surface area contributed by atoms with Crippen LogP contribution < -0.4 is 0 Å².